The van der Waals surface area contributed by atoms with Crippen molar-refractivity contribution in [3.8, 4) is 0 Å². The van der Waals surface area contributed by atoms with Crippen molar-refractivity contribution in [2.24, 2.45) is 0 Å². The van der Waals surface area contributed by atoms with E-state index >= 15 is 0 Å². The molecule has 0 atom stereocenters. The van der Waals surface area contributed by atoms with Crippen LogP contribution in [0.5, 0.6) is 0 Å². The predicted molar refractivity (Wildman–Crippen MR) is 86.0 cm³/mol. The average molecular weight is 359 g/mol. The van der Waals surface area contributed by atoms with Crippen molar-refractivity contribution in [1.82, 2.24) is 14.8 Å². The maximum absolute atomic E-state index is 12.5. The molecule has 1 saturated carbocycles. The van der Waals surface area contributed by atoms with E-state index in [1.807, 2.05) is 0 Å². The zero-order chi connectivity index (χ0) is 16.5. The van der Waals surface area contributed by atoms with E-state index in [2.05, 4.69) is 14.8 Å². The number of sulfonamides is 2. The Morgan fingerprint density at radius 2 is 1.30 bits per heavy atom. The smallest absolute Gasteiger partial charge is 0.240 e. The highest BCUT2D eigenvalue weighted by molar-refractivity contribution is 7.90. The molecule has 1 aliphatic heterocycles. The molecular formula is C14H21N3O4S2. The van der Waals surface area contributed by atoms with Gasteiger partial charge in [-0.2, -0.15) is 0 Å². The van der Waals surface area contributed by atoms with Gasteiger partial charge in [0.1, 0.15) is 0 Å². The van der Waals surface area contributed by atoms with Crippen LogP contribution < -0.4 is 14.8 Å². The first-order chi connectivity index (χ1) is 10.9. The predicted octanol–water partition coefficient (Wildman–Crippen LogP) is 0.158. The van der Waals surface area contributed by atoms with E-state index in [1.54, 1.807) is 0 Å². The van der Waals surface area contributed by atoms with Gasteiger partial charge in [0.2, 0.25) is 20.0 Å². The molecule has 7 nitrogen and oxygen atoms in total. The van der Waals surface area contributed by atoms with Crippen molar-refractivity contribution < 1.29 is 16.8 Å². The molecule has 1 aromatic carbocycles. The Bertz CT molecular complexity index is 767. The lowest BCUT2D eigenvalue weighted by atomic mass is 10.1. The SMILES string of the molecule is O=S(=O)(NC1CCNCC1)c1cccc(S(=O)(=O)NC2CC2)c1. The van der Waals surface area contributed by atoms with E-state index < -0.39 is 20.0 Å². The van der Waals surface area contributed by atoms with E-state index in [0.717, 1.165) is 38.8 Å². The van der Waals surface area contributed by atoms with Gasteiger partial charge >= 0.3 is 0 Å². The Hall–Kier alpha value is -1.00. The lowest BCUT2D eigenvalue weighted by Crippen LogP contribution is -2.42. The van der Waals surface area contributed by atoms with Crippen molar-refractivity contribution in [2.45, 2.75) is 47.6 Å². The maximum atomic E-state index is 12.5. The van der Waals surface area contributed by atoms with Crippen LogP contribution in [0.2, 0.25) is 0 Å². The second-order valence-electron chi connectivity index (χ2n) is 6.02. The molecule has 2 fully saturated rings. The quantitative estimate of drug-likeness (QED) is 0.671. The van der Waals surface area contributed by atoms with Crippen LogP contribution in [0.4, 0.5) is 0 Å². The van der Waals surface area contributed by atoms with Crippen LogP contribution in [-0.2, 0) is 20.0 Å². The molecule has 1 heterocycles. The van der Waals surface area contributed by atoms with E-state index in [0.29, 0.717) is 0 Å². The first kappa shape index (κ1) is 16.8. The van der Waals surface area contributed by atoms with Gasteiger partial charge in [0.25, 0.3) is 0 Å². The second-order valence-corrected chi connectivity index (χ2v) is 9.44. The number of piperidine rings is 1. The van der Waals surface area contributed by atoms with Gasteiger partial charge in [-0.3, -0.25) is 0 Å². The van der Waals surface area contributed by atoms with Gasteiger partial charge in [-0.05, 0) is 57.0 Å². The van der Waals surface area contributed by atoms with Crippen LogP contribution in [0.25, 0.3) is 0 Å². The number of hydrogen-bond donors (Lipinski definition) is 3. The molecule has 128 valence electrons. The summed E-state index contributed by atoms with van der Waals surface area (Å²) < 4.78 is 54.6. The zero-order valence-corrected chi connectivity index (χ0v) is 14.3. The summed E-state index contributed by atoms with van der Waals surface area (Å²) in [6.45, 7) is 1.54. The van der Waals surface area contributed by atoms with Crippen molar-refractivity contribution in [3.63, 3.8) is 0 Å². The highest BCUT2D eigenvalue weighted by Gasteiger charge is 2.29. The molecule has 3 N–H and O–H groups in total. The van der Waals surface area contributed by atoms with Crippen LogP contribution >= 0.6 is 0 Å². The van der Waals surface area contributed by atoms with Crippen LogP contribution in [0, 0.1) is 0 Å². The first-order valence-electron chi connectivity index (χ1n) is 7.72. The largest absolute Gasteiger partial charge is 0.317 e. The minimum absolute atomic E-state index is 0.0161. The van der Waals surface area contributed by atoms with E-state index in [1.165, 1.54) is 24.3 Å². The molecule has 0 radical (unpaired) electrons. The summed E-state index contributed by atoms with van der Waals surface area (Å²) in [5.41, 5.74) is 0. The van der Waals surface area contributed by atoms with Gasteiger partial charge in [0.05, 0.1) is 9.79 Å². The third-order valence-electron chi connectivity index (χ3n) is 3.99. The normalized spacial score (nSPS) is 20.5. The fourth-order valence-electron chi connectivity index (χ4n) is 2.52. The van der Waals surface area contributed by atoms with Crippen LogP contribution in [0.3, 0.4) is 0 Å². The highest BCUT2D eigenvalue weighted by atomic mass is 32.2. The number of benzene rings is 1. The van der Waals surface area contributed by atoms with Crippen LogP contribution in [0.1, 0.15) is 25.7 Å². The molecule has 1 saturated heterocycles. The molecule has 0 amide bonds. The lowest BCUT2D eigenvalue weighted by molar-refractivity contribution is 0.427. The monoisotopic (exact) mass is 359 g/mol. The summed E-state index contributed by atoms with van der Waals surface area (Å²) in [5.74, 6) is 0. The maximum Gasteiger partial charge on any atom is 0.240 e. The summed E-state index contributed by atoms with van der Waals surface area (Å²) >= 11 is 0. The second kappa shape index (κ2) is 6.48. The molecule has 0 unspecified atom stereocenters. The Balaban J connectivity index is 1.80. The van der Waals surface area contributed by atoms with Crippen molar-refractivity contribution in [3.05, 3.63) is 24.3 Å². The highest BCUT2D eigenvalue weighted by Crippen LogP contribution is 2.23. The summed E-state index contributed by atoms with van der Waals surface area (Å²) in [6.07, 6.45) is 3.10. The van der Waals surface area contributed by atoms with Gasteiger partial charge in [-0.15, -0.1) is 0 Å². The average Bonchev–Trinajstić information content (AvgIpc) is 3.31. The fraction of sp³-hybridized carbons (Fsp3) is 0.571. The third kappa shape index (κ3) is 4.30. The summed E-state index contributed by atoms with van der Waals surface area (Å²) in [5, 5.41) is 3.17. The number of nitrogens with one attached hydrogen (secondary N) is 3. The molecule has 1 aliphatic carbocycles. The van der Waals surface area contributed by atoms with Crippen molar-refractivity contribution >= 4 is 20.0 Å². The minimum Gasteiger partial charge on any atom is -0.317 e. The van der Waals surface area contributed by atoms with Crippen molar-refractivity contribution in [1.29, 1.82) is 0 Å². The van der Waals surface area contributed by atoms with Gasteiger partial charge in [-0.1, -0.05) is 6.07 Å². The topological polar surface area (TPSA) is 104 Å². The van der Waals surface area contributed by atoms with Crippen molar-refractivity contribution in [2.75, 3.05) is 13.1 Å². The van der Waals surface area contributed by atoms with Gasteiger partial charge in [-0.25, -0.2) is 26.3 Å². The molecule has 0 spiro atoms. The van der Waals surface area contributed by atoms with Gasteiger partial charge in [0, 0.05) is 12.1 Å². The summed E-state index contributed by atoms with van der Waals surface area (Å²) in [6, 6.07) is 5.36. The van der Waals surface area contributed by atoms with Crippen LogP contribution in [0.15, 0.2) is 34.1 Å². The molecule has 0 bridgehead atoms. The Morgan fingerprint density at radius 3 is 1.78 bits per heavy atom. The first-order valence-corrected chi connectivity index (χ1v) is 10.7. The van der Waals surface area contributed by atoms with E-state index in [-0.39, 0.29) is 21.9 Å². The van der Waals surface area contributed by atoms with Gasteiger partial charge in [0.15, 0.2) is 0 Å². The standard InChI is InChI=1S/C14H21N3O4S2/c18-22(19,16-11-4-5-11)13-2-1-3-14(10-13)23(20,21)17-12-6-8-15-9-7-12/h1-3,10-12,15-17H,4-9H2. The Morgan fingerprint density at radius 1 is 0.826 bits per heavy atom. The lowest BCUT2D eigenvalue weighted by Gasteiger charge is -2.23. The number of rotatable bonds is 6. The zero-order valence-electron chi connectivity index (χ0n) is 12.7. The molecular weight excluding hydrogens is 338 g/mol. The number of hydrogen-bond acceptors (Lipinski definition) is 5. The Labute approximate surface area is 137 Å². The molecule has 0 aromatic heterocycles. The van der Waals surface area contributed by atoms with Gasteiger partial charge < -0.3 is 5.32 Å². The summed E-state index contributed by atoms with van der Waals surface area (Å²) in [7, 11) is -7.39. The Kier molecular flexibility index (Phi) is 4.75. The molecule has 2 aliphatic rings. The minimum atomic E-state index is -3.73. The van der Waals surface area contributed by atoms with Crippen LogP contribution in [-0.4, -0.2) is 42.0 Å². The van der Waals surface area contributed by atoms with E-state index in [4.69, 9.17) is 0 Å². The molecule has 3 rings (SSSR count). The fourth-order valence-corrected chi connectivity index (χ4v) is 5.30. The molecule has 9 heteroatoms. The summed E-state index contributed by atoms with van der Waals surface area (Å²) in [4.78, 5) is -0.0349. The molecule has 23 heavy (non-hydrogen) atoms. The third-order valence-corrected chi connectivity index (χ3v) is 7.02. The molecule has 1 aromatic rings. The van der Waals surface area contributed by atoms with E-state index in [9.17, 15) is 16.8 Å².